The van der Waals surface area contributed by atoms with Crippen molar-refractivity contribution in [2.24, 2.45) is 5.73 Å². The second kappa shape index (κ2) is 3.71. The summed E-state index contributed by atoms with van der Waals surface area (Å²) in [5.41, 5.74) is 4.37. The number of hydrogen-bond donors (Lipinski definition) is 2. The van der Waals surface area contributed by atoms with Crippen LogP contribution < -0.4 is 10.5 Å². The van der Waals surface area contributed by atoms with Crippen LogP contribution in [-0.2, 0) is 10.3 Å². The van der Waals surface area contributed by atoms with Gasteiger partial charge in [0, 0.05) is 12.0 Å². The van der Waals surface area contributed by atoms with Gasteiger partial charge < -0.3 is 15.6 Å². The summed E-state index contributed by atoms with van der Waals surface area (Å²) in [5.74, 6) is -1.88. The second-order valence-corrected chi connectivity index (χ2v) is 4.47. The Hall–Kier alpha value is -1.14. The van der Waals surface area contributed by atoms with Crippen LogP contribution in [0.5, 0.6) is 5.75 Å². The Morgan fingerprint density at radius 2 is 2.31 bits per heavy atom. The monoisotopic (exact) mass is 289 g/mol. The molecule has 1 aliphatic rings. The van der Waals surface area contributed by atoms with Gasteiger partial charge in [0.1, 0.15) is 5.54 Å². The summed E-state index contributed by atoms with van der Waals surface area (Å²) < 4.78 is 19.0. The predicted octanol–water partition coefficient (Wildman–Crippen LogP) is 1.61. The minimum atomic E-state index is -1.57. The average Bonchev–Trinajstić information content (AvgIpc) is 2.24. The molecule has 6 heteroatoms. The molecule has 0 saturated carbocycles. The second-order valence-electron chi connectivity index (χ2n) is 3.61. The molecule has 0 radical (unpaired) electrons. The Labute approximate surface area is 99.3 Å². The van der Waals surface area contributed by atoms with E-state index < -0.39 is 17.3 Å². The smallest absolute Gasteiger partial charge is 0.328 e. The molecule has 1 atom stereocenters. The lowest BCUT2D eigenvalue weighted by molar-refractivity contribution is -0.145. The number of carboxylic acids is 1. The normalized spacial score (nSPS) is 23.4. The zero-order valence-corrected chi connectivity index (χ0v) is 9.75. The highest BCUT2D eigenvalue weighted by molar-refractivity contribution is 9.10. The van der Waals surface area contributed by atoms with E-state index in [0.29, 0.717) is 0 Å². The van der Waals surface area contributed by atoms with Crippen molar-refractivity contribution in [1.82, 2.24) is 0 Å². The average molecular weight is 290 g/mol. The molecule has 0 saturated heterocycles. The maximum Gasteiger partial charge on any atom is 0.328 e. The molecule has 0 spiro atoms. The number of aliphatic carboxylic acids is 1. The van der Waals surface area contributed by atoms with Gasteiger partial charge in [-0.3, -0.25) is 0 Å². The summed E-state index contributed by atoms with van der Waals surface area (Å²) in [5, 5.41) is 9.09. The molecule has 0 aliphatic carbocycles. The van der Waals surface area contributed by atoms with Gasteiger partial charge in [0.2, 0.25) is 0 Å². The third-order valence-corrected chi connectivity index (χ3v) is 3.27. The number of carbonyl (C=O) groups is 1. The van der Waals surface area contributed by atoms with Gasteiger partial charge in [0.15, 0.2) is 11.6 Å². The van der Waals surface area contributed by atoms with Crippen molar-refractivity contribution in [3.63, 3.8) is 0 Å². The molecule has 4 nitrogen and oxygen atoms in total. The molecule has 1 unspecified atom stereocenters. The van der Waals surface area contributed by atoms with E-state index in [4.69, 9.17) is 15.6 Å². The molecule has 16 heavy (non-hydrogen) atoms. The first-order chi connectivity index (χ1) is 7.47. The molecule has 1 aromatic rings. The third kappa shape index (κ3) is 1.49. The first-order valence-corrected chi connectivity index (χ1v) is 5.39. The molecule has 2 rings (SSSR count). The van der Waals surface area contributed by atoms with Gasteiger partial charge in [-0.05, 0) is 22.0 Å². The Kier molecular flexibility index (Phi) is 2.63. The lowest BCUT2D eigenvalue weighted by Gasteiger charge is -2.32. The van der Waals surface area contributed by atoms with Crippen molar-refractivity contribution in [2.45, 2.75) is 12.0 Å². The first-order valence-electron chi connectivity index (χ1n) is 4.60. The predicted molar refractivity (Wildman–Crippen MR) is 57.7 cm³/mol. The van der Waals surface area contributed by atoms with E-state index >= 15 is 0 Å². The standard InChI is InChI=1S/C10H9BrFNO3/c11-6-2-1-5-8(7(6)12)16-4-3-10(5,13)9(14)15/h1-2H,3-4,13H2,(H,14,15). The fraction of sp³-hybridized carbons (Fsp3) is 0.300. The lowest BCUT2D eigenvalue weighted by Crippen LogP contribution is -2.48. The van der Waals surface area contributed by atoms with E-state index in [2.05, 4.69) is 15.9 Å². The molecule has 0 amide bonds. The zero-order valence-electron chi connectivity index (χ0n) is 8.17. The Morgan fingerprint density at radius 3 is 2.94 bits per heavy atom. The van der Waals surface area contributed by atoms with Crippen molar-refractivity contribution in [3.8, 4) is 5.75 Å². The maximum absolute atomic E-state index is 13.7. The molecular formula is C10H9BrFNO3. The highest BCUT2D eigenvalue weighted by atomic mass is 79.9. The molecule has 1 heterocycles. The number of carboxylic acid groups (broad SMARTS) is 1. The molecule has 86 valence electrons. The fourth-order valence-corrected chi connectivity index (χ4v) is 2.01. The van der Waals surface area contributed by atoms with Gasteiger partial charge in [0.05, 0.1) is 11.1 Å². The van der Waals surface area contributed by atoms with Crippen LogP contribution >= 0.6 is 15.9 Å². The highest BCUT2D eigenvalue weighted by Crippen LogP contribution is 2.39. The van der Waals surface area contributed by atoms with Crippen LogP contribution in [0, 0.1) is 5.82 Å². The van der Waals surface area contributed by atoms with Gasteiger partial charge in [-0.1, -0.05) is 6.07 Å². The van der Waals surface area contributed by atoms with Gasteiger partial charge in [-0.2, -0.15) is 0 Å². The van der Waals surface area contributed by atoms with E-state index in [1.165, 1.54) is 12.1 Å². The number of ether oxygens (including phenoxy) is 1. The molecule has 0 aromatic heterocycles. The van der Waals surface area contributed by atoms with Crippen LogP contribution in [-0.4, -0.2) is 17.7 Å². The van der Waals surface area contributed by atoms with Crippen molar-refractivity contribution >= 4 is 21.9 Å². The molecule has 0 bridgehead atoms. The number of halogens is 2. The van der Waals surface area contributed by atoms with Crippen LogP contribution in [0.1, 0.15) is 12.0 Å². The van der Waals surface area contributed by atoms with E-state index in [0.717, 1.165) is 0 Å². The Morgan fingerprint density at radius 1 is 1.62 bits per heavy atom. The lowest BCUT2D eigenvalue weighted by atomic mass is 9.85. The number of fused-ring (bicyclic) bond motifs is 1. The van der Waals surface area contributed by atoms with E-state index in [1.807, 2.05) is 0 Å². The van der Waals surface area contributed by atoms with Crippen LogP contribution in [0.2, 0.25) is 0 Å². The van der Waals surface area contributed by atoms with E-state index in [9.17, 15) is 9.18 Å². The van der Waals surface area contributed by atoms with Crippen LogP contribution in [0.3, 0.4) is 0 Å². The van der Waals surface area contributed by atoms with Crippen molar-refractivity contribution in [3.05, 3.63) is 28.0 Å². The van der Waals surface area contributed by atoms with Crippen LogP contribution in [0.15, 0.2) is 16.6 Å². The largest absolute Gasteiger partial charge is 0.490 e. The van der Waals surface area contributed by atoms with Gasteiger partial charge >= 0.3 is 5.97 Å². The van der Waals surface area contributed by atoms with Gasteiger partial charge in [-0.15, -0.1) is 0 Å². The summed E-state index contributed by atoms with van der Waals surface area (Å²) in [6.45, 7) is 0.0865. The number of hydrogen-bond acceptors (Lipinski definition) is 3. The fourth-order valence-electron chi connectivity index (χ4n) is 1.70. The van der Waals surface area contributed by atoms with Crippen molar-refractivity contribution < 1.29 is 19.0 Å². The summed E-state index contributed by atoms with van der Waals surface area (Å²) in [6.07, 6.45) is 0.121. The summed E-state index contributed by atoms with van der Waals surface area (Å²) in [4.78, 5) is 11.1. The summed E-state index contributed by atoms with van der Waals surface area (Å²) in [6, 6.07) is 2.89. The van der Waals surface area contributed by atoms with Crippen LogP contribution in [0.25, 0.3) is 0 Å². The quantitative estimate of drug-likeness (QED) is 0.824. The zero-order chi connectivity index (χ0) is 11.9. The van der Waals surface area contributed by atoms with E-state index in [-0.39, 0.29) is 28.8 Å². The topological polar surface area (TPSA) is 72.6 Å². The summed E-state index contributed by atoms with van der Waals surface area (Å²) >= 11 is 3.01. The number of nitrogens with two attached hydrogens (primary N) is 1. The number of rotatable bonds is 1. The van der Waals surface area contributed by atoms with Gasteiger partial charge in [-0.25, -0.2) is 9.18 Å². The molecule has 0 fully saturated rings. The van der Waals surface area contributed by atoms with Crippen molar-refractivity contribution in [1.29, 1.82) is 0 Å². The first kappa shape index (κ1) is 11.3. The van der Waals surface area contributed by atoms with Gasteiger partial charge in [0.25, 0.3) is 0 Å². The molecule has 1 aromatic carbocycles. The minimum Gasteiger partial charge on any atom is -0.490 e. The third-order valence-electron chi connectivity index (χ3n) is 2.66. The van der Waals surface area contributed by atoms with Crippen molar-refractivity contribution in [2.75, 3.05) is 6.61 Å². The Balaban J connectivity index is 2.65. The Bertz CT molecular complexity index is 466. The SMILES string of the molecule is NC1(C(=O)O)CCOc2c1ccc(Br)c2F. The minimum absolute atomic E-state index is 0.0782. The van der Waals surface area contributed by atoms with E-state index in [1.54, 1.807) is 0 Å². The molecule has 1 aliphatic heterocycles. The maximum atomic E-state index is 13.7. The van der Waals surface area contributed by atoms with Crippen LogP contribution in [0.4, 0.5) is 4.39 Å². The molecule has 3 N–H and O–H groups in total. The highest BCUT2D eigenvalue weighted by Gasteiger charge is 2.42. The molecular weight excluding hydrogens is 281 g/mol. The summed E-state index contributed by atoms with van der Waals surface area (Å²) in [7, 11) is 0. The number of benzene rings is 1.